The number of hydrogen-bond donors (Lipinski definition) is 2. The zero-order valence-corrected chi connectivity index (χ0v) is 11.9. The van der Waals surface area contributed by atoms with Crippen LogP contribution in [0.15, 0.2) is 42.7 Å². The van der Waals surface area contributed by atoms with Crippen molar-refractivity contribution in [3.05, 3.63) is 48.5 Å². The molecule has 6 heteroatoms. The number of nitrogens with one attached hydrogen (secondary N) is 2. The molecule has 2 heterocycles. The normalized spacial score (nSPS) is 14.0. The van der Waals surface area contributed by atoms with Crippen LogP contribution in [-0.4, -0.2) is 25.7 Å². The van der Waals surface area contributed by atoms with Crippen LogP contribution < -0.4 is 5.32 Å². The standard InChI is InChI=1S/C15H17N5O/c1-10(14-18-12-6-3-4-7-13(12)19-14)17-15(21)11(2)20-9-5-8-16-20/h3-11H,1-2H3,(H,17,21)(H,18,19). The quantitative estimate of drug-likeness (QED) is 0.770. The second-order valence-electron chi connectivity index (χ2n) is 5.03. The van der Waals surface area contributed by atoms with Crippen LogP contribution in [0.25, 0.3) is 11.0 Å². The highest BCUT2D eigenvalue weighted by Crippen LogP contribution is 2.16. The molecule has 2 unspecified atom stereocenters. The van der Waals surface area contributed by atoms with E-state index in [2.05, 4.69) is 20.4 Å². The molecular weight excluding hydrogens is 266 g/mol. The highest BCUT2D eigenvalue weighted by atomic mass is 16.2. The van der Waals surface area contributed by atoms with Crippen molar-refractivity contribution >= 4 is 16.9 Å². The van der Waals surface area contributed by atoms with E-state index in [-0.39, 0.29) is 18.0 Å². The lowest BCUT2D eigenvalue weighted by Gasteiger charge is -2.16. The molecule has 0 spiro atoms. The van der Waals surface area contributed by atoms with Gasteiger partial charge in [-0.3, -0.25) is 9.48 Å². The molecule has 3 aromatic rings. The molecule has 0 saturated carbocycles. The molecule has 21 heavy (non-hydrogen) atoms. The number of aromatic amines is 1. The van der Waals surface area contributed by atoms with Crippen molar-refractivity contribution < 1.29 is 4.79 Å². The minimum absolute atomic E-state index is 0.0911. The van der Waals surface area contributed by atoms with Crippen molar-refractivity contribution in [3.8, 4) is 0 Å². The predicted octanol–water partition coefficient (Wildman–Crippen LogP) is 2.20. The molecule has 0 aliphatic rings. The third-order valence-corrected chi connectivity index (χ3v) is 3.48. The van der Waals surface area contributed by atoms with Crippen molar-refractivity contribution in [1.82, 2.24) is 25.1 Å². The highest BCUT2D eigenvalue weighted by Gasteiger charge is 2.19. The van der Waals surface area contributed by atoms with Crippen LogP contribution in [0.3, 0.4) is 0 Å². The molecule has 2 N–H and O–H groups in total. The van der Waals surface area contributed by atoms with Gasteiger partial charge in [0.15, 0.2) is 0 Å². The van der Waals surface area contributed by atoms with Crippen LogP contribution in [0.1, 0.15) is 31.8 Å². The summed E-state index contributed by atoms with van der Waals surface area (Å²) in [6, 6.07) is 9.05. The van der Waals surface area contributed by atoms with Crippen molar-refractivity contribution in [2.24, 2.45) is 0 Å². The molecule has 2 aromatic heterocycles. The summed E-state index contributed by atoms with van der Waals surface area (Å²) >= 11 is 0. The van der Waals surface area contributed by atoms with Crippen LogP contribution in [-0.2, 0) is 4.79 Å². The smallest absolute Gasteiger partial charge is 0.245 e. The zero-order valence-electron chi connectivity index (χ0n) is 11.9. The summed E-state index contributed by atoms with van der Waals surface area (Å²) in [5.74, 6) is 0.656. The van der Waals surface area contributed by atoms with Gasteiger partial charge < -0.3 is 10.3 Å². The molecule has 0 aliphatic heterocycles. The van der Waals surface area contributed by atoms with E-state index in [9.17, 15) is 4.79 Å². The summed E-state index contributed by atoms with van der Waals surface area (Å²) in [5.41, 5.74) is 1.86. The van der Waals surface area contributed by atoms with Crippen molar-refractivity contribution in [2.75, 3.05) is 0 Å². The third-order valence-electron chi connectivity index (χ3n) is 3.48. The first-order chi connectivity index (χ1) is 10.1. The van der Waals surface area contributed by atoms with E-state index >= 15 is 0 Å². The van der Waals surface area contributed by atoms with E-state index in [0.717, 1.165) is 16.9 Å². The number of benzene rings is 1. The van der Waals surface area contributed by atoms with Gasteiger partial charge in [-0.25, -0.2) is 4.98 Å². The number of carbonyl (C=O) groups is 1. The molecule has 1 amide bonds. The first-order valence-corrected chi connectivity index (χ1v) is 6.89. The van der Waals surface area contributed by atoms with Gasteiger partial charge in [0.1, 0.15) is 11.9 Å². The van der Waals surface area contributed by atoms with E-state index < -0.39 is 0 Å². The average Bonchev–Trinajstić information content (AvgIpc) is 3.15. The van der Waals surface area contributed by atoms with Gasteiger partial charge >= 0.3 is 0 Å². The minimum Gasteiger partial charge on any atom is -0.345 e. The van der Waals surface area contributed by atoms with Gasteiger partial charge in [-0.05, 0) is 32.0 Å². The predicted molar refractivity (Wildman–Crippen MR) is 79.6 cm³/mol. The number of para-hydroxylation sites is 2. The second kappa shape index (κ2) is 5.40. The Bertz CT molecular complexity index is 713. The Labute approximate surface area is 122 Å². The Hall–Kier alpha value is -2.63. The summed E-state index contributed by atoms with van der Waals surface area (Å²) in [4.78, 5) is 19.9. The Morgan fingerprint density at radius 1 is 1.29 bits per heavy atom. The van der Waals surface area contributed by atoms with E-state index in [1.165, 1.54) is 0 Å². The summed E-state index contributed by atoms with van der Waals surface area (Å²) in [6.45, 7) is 3.72. The molecule has 0 radical (unpaired) electrons. The molecule has 108 valence electrons. The number of fused-ring (bicyclic) bond motifs is 1. The number of imidazole rings is 1. The number of rotatable bonds is 4. The number of aromatic nitrogens is 4. The first kappa shape index (κ1) is 13.4. The topological polar surface area (TPSA) is 75.6 Å². The molecule has 0 saturated heterocycles. The molecule has 0 aliphatic carbocycles. The monoisotopic (exact) mass is 283 g/mol. The molecule has 6 nitrogen and oxygen atoms in total. The van der Waals surface area contributed by atoms with Crippen molar-refractivity contribution in [3.63, 3.8) is 0 Å². The SMILES string of the molecule is CC(NC(=O)C(C)n1cccn1)c1nc2ccccc2[nH]1. The fraction of sp³-hybridized carbons (Fsp3) is 0.267. The van der Waals surface area contributed by atoms with Crippen LogP contribution >= 0.6 is 0 Å². The van der Waals surface area contributed by atoms with Gasteiger partial charge in [0, 0.05) is 12.4 Å². The molecule has 0 bridgehead atoms. The summed E-state index contributed by atoms with van der Waals surface area (Å²) in [6.07, 6.45) is 3.43. The van der Waals surface area contributed by atoms with Crippen LogP contribution in [0.4, 0.5) is 0 Å². The molecule has 2 atom stereocenters. The summed E-state index contributed by atoms with van der Waals surface area (Å²) in [5, 5.41) is 7.04. The van der Waals surface area contributed by atoms with E-state index in [1.807, 2.05) is 38.1 Å². The van der Waals surface area contributed by atoms with Crippen LogP contribution in [0.2, 0.25) is 0 Å². The third kappa shape index (κ3) is 2.65. The fourth-order valence-electron chi connectivity index (χ4n) is 2.21. The Kier molecular flexibility index (Phi) is 3.43. The maximum atomic E-state index is 12.2. The van der Waals surface area contributed by atoms with Crippen molar-refractivity contribution in [2.45, 2.75) is 25.9 Å². The largest absolute Gasteiger partial charge is 0.345 e. The Morgan fingerprint density at radius 2 is 2.10 bits per heavy atom. The number of nitrogens with zero attached hydrogens (tertiary/aromatic N) is 3. The Balaban J connectivity index is 1.73. The maximum Gasteiger partial charge on any atom is 0.245 e. The average molecular weight is 283 g/mol. The van der Waals surface area contributed by atoms with Gasteiger partial charge in [0.05, 0.1) is 17.1 Å². The number of hydrogen-bond acceptors (Lipinski definition) is 3. The number of H-pyrrole nitrogens is 1. The van der Waals surface area contributed by atoms with Crippen LogP contribution in [0.5, 0.6) is 0 Å². The number of carbonyl (C=O) groups excluding carboxylic acids is 1. The molecule has 3 rings (SSSR count). The lowest BCUT2D eigenvalue weighted by Crippen LogP contribution is -2.33. The lowest BCUT2D eigenvalue weighted by molar-refractivity contribution is -0.124. The summed E-state index contributed by atoms with van der Waals surface area (Å²) in [7, 11) is 0. The highest BCUT2D eigenvalue weighted by molar-refractivity contribution is 5.80. The van der Waals surface area contributed by atoms with Gasteiger partial charge in [-0.15, -0.1) is 0 Å². The van der Waals surface area contributed by atoms with Crippen LogP contribution in [0, 0.1) is 0 Å². The number of amides is 1. The van der Waals surface area contributed by atoms with Gasteiger partial charge in [-0.2, -0.15) is 5.10 Å². The fourth-order valence-corrected chi connectivity index (χ4v) is 2.21. The van der Waals surface area contributed by atoms with Gasteiger partial charge in [0.2, 0.25) is 5.91 Å². The molecular formula is C15H17N5O. The Morgan fingerprint density at radius 3 is 2.81 bits per heavy atom. The van der Waals surface area contributed by atoms with Gasteiger partial charge in [0.25, 0.3) is 0 Å². The van der Waals surface area contributed by atoms with E-state index in [4.69, 9.17) is 0 Å². The lowest BCUT2D eigenvalue weighted by atomic mass is 10.2. The zero-order chi connectivity index (χ0) is 14.8. The first-order valence-electron chi connectivity index (χ1n) is 6.89. The van der Waals surface area contributed by atoms with Crippen molar-refractivity contribution in [1.29, 1.82) is 0 Å². The molecule has 1 aromatic carbocycles. The maximum absolute atomic E-state index is 12.2. The van der Waals surface area contributed by atoms with Gasteiger partial charge in [-0.1, -0.05) is 12.1 Å². The minimum atomic E-state index is -0.355. The van der Waals surface area contributed by atoms with E-state index in [1.54, 1.807) is 23.1 Å². The summed E-state index contributed by atoms with van der Waals surface area (Å²) < 4.78 is 1.63. The molecule has 0 fully saturated rings. The van der Waals surface area contributed by atoms with E-state index in [0.29, 0.717) is 0 Å². The second-order valence-corrected chi connectivity index (χ2v) is 5.03.